The van der Waals surface area contributed by atoms with Crippen LogP contribution < -0.4 is 5.32 Å². The van der Waals surface area contributed by atoms with E-state index in [0.717, 1.165) is 0 Å². The lowest BCUT2D eigenvalue weighted by molar-refractivity contribution is 0.714. The van der Waals surface area contributed by atoms with E-state index in [1.54, 1.807) is 11.3 Å². The van der Waals surface area contributed by atoms with Crippen molar-refractivity contribution in [2.45, 2.75) is 19.9 Å². The molecular formula is C10H15NS. The van der Waals surface area contributed by atoms with Gasteiger partial charge in [0, 0.05) is 4.88 Å². The molecule has 66 valence electrons. The van der Waals surface area contributed by atoms with Crippen molar-refractivity contribution in [2.24, 2.45) is 0 Å². The molecule has 0 aliphatic rings. The van der Waals surface area contributed by atoms with Crippen LogP contribution in [0.25, 0.3) is 0 Å². The van der Waals surface area contributed by atoms with E-state index in [1.807, 2.05) is 13.1 Å². The van der Waals surface area contributed by atoms with Crippen molar-refractivity contribution >= 4 is 11.3 Å². The molecule has 1 heterocycles. The summed E-state index contributed by atoms with van der Waals surface area (Å²) in [5, 5.41) is 5.41. The summed E-state index contributed by atoms with van der Waals surface area (Å²) < 4.78 is 0. The maximum Gasteiger partial charge on any atom is 0.0512 e. The summed E-state index contributed by atoms with van der Waals surface area (Å²) in [5.41, 5.74) is 2.74. The summed E-state index contributed by atoms with van der Waals surface area (Å²) in [4.78, 5) is 1.40. The predicted octanol–water partition coefficient (Wildman–Crippen LogP) is 2.81. The lowest BCUT2D eigenvalue weighted by atomic mass is 10.1. The maximum absolute atomic E-state index is 3.80. The van der Waals surface area contributed by atoms with E-state index >= 15 is 0 Å². The zero-order valence-electron chi connectivity index (χ0n) is 7.85. The van der Waals surface area contributed by atoms with Gasteiger partial charge < -0.3 is 5.32 Å². The Kier molecular flexibility index (Phi) is 3.06. The van der Waals surface area contributed by atoms with Gasteiger partial charge in [-0.1, -0.05) is 6.08 Å². The molecule has 0 aliphatic heterocycles. The molecule has 0 radical (unpaired) electrons. The van der Waals surface area contributed by atoms with Gasteiger partial charge in [0.2, 0.25) is 0 Å². The van der Waals surface area contributed by atoms with Gasteiger partial charge in [0.05, 0.1) is 6.04 Å². The first kappa shape index (κ1) is 9.49. The molecular weight excluding hydrogens is 166 g/mol. The number of thiophene rings is 1. The van der Waals surface area contributed by atoms with Gasteiger partial charge in [0.1, 0.15) is 0 Å². The third-order valence-corrected chi connectivity index (χ3v) is 3.24. The molecule has 0 amide bonds. The quantitative estimate of drug-likeness (QED) is 0.707. The fourth-order valence-corrected chi connectivity index (χ4v) is 2.16. The molecule has 1 rings (SSSR count). The first-order chi connectivity index (χ1) is 5.70. The minimum absolute atomic E-state index is 0.301. The largest absolute Gasteiger partial charge is 0.310 e. The summed E-state index contributed by atoms with van der Waals surface area (Å²) in [7, 11) is 1.96. The van der Waals surface area contributed by atoms with Gasteiger partial charge in [-0.05, 0) is 37.4 Å². The number of aryl methyl sites for hydroxylation is 1. The van der Waals surface area contributed by atoms with Gasteiger partial charge in [-0.2, -0.15) is 0 Å². The Balaban J connectivity index is 3.00. The molecule has 0 saturated carbocycles. The highest BCUT2D eigenvalue weighted by Crippen LogP contribution is 2.26. The van der Waals surface area contributed by atoms with Crippen LogP contribution in [-0.2, 0) is 0 Å². The Bertz CT molecular complexity index is 275. The summed E-state index contributed by atoms with van der Waals surface area (Å²) >= 11 is 1.80. The minimum atomic E-state index is 0.301. The van der Waals surface area contributed by atoms with Gasteiger partial charge in [0.15, 0.2) is 0 Å². The molecule has 1 unspecified atom stereocenters. The first-order valence-electron chi connectivity index (χ1n) is 4.05. The molecule has 1 aromatic rings. The highest BCUT2D eigenvalue weighted by molar-refractivity contribution is 7.10. The second-order valence-corrected chi connectivity index (χ2v) is 3.96. The van der Waals surface area contributed by atoms with E-state index in [4.69, 9.17) is 0 Å². The average Bonchev–Trinajstić information content (AvgIpc) is 2.38. The van der Waals surface area contributed by atoms with Crippen LogP contribution in [0.4, 0.5) is 0 Å². The van der Waals surface area contributed by atoms with Crippen molar-refractivity contribution < 1.29 is 0 Å². The third-order valence-electron chi connectivity index (χ3n) is 2.21. The van der Waals surface area contributed by atoms with Crippen LogP contribution in [0.15, 0.2) is 18.0 Å². The van der Waals surface area contributed by atoms with E-state index in [9.17, 15) is 0 Å². The molecule has 0 aromatic carbocycles. The summed E-state index contributed by atoms with van der Waals surface area (Å²) in [6.07, 6.45) is 1.94. The standard InChI is InChI=1S/C10H15NS/c1-5-10(11-4)9-6-12-8(3)7(9)2/h5-6,10-11H,1H2,2-4H3. The van der Waals surface area contributed by atoms with Crippen molar-refractivity contribution in [1.82, 2.24) is 5.32 Å². The second-order valence-electron chi connectivity index (χ2n) is 2.87. The Morgan fingerprint density at radius 1 is 1.58 bits per heavy atom. The van der Waals surface area contributed by atoms with Crippen molar-refractivity contribution in [2.75, 3.05) is 7.05 Å². The smallest absolute Gasteiger partial charge is 0.0512 e. The van der Waals surface area contributed by atoms with E-state index in [-0.39, 0.29) is 0 Å². The molecule has 0 bridgehead atoms. The van der Waals surface area contributed by atoms with Crippen molar-refractivity contribution in [3.05, 3.63) is 34.0 Å². The van der Waals surface area contributed by atoms with Gasteiger partial charge >= 0.3 is 0 Å². The maximum atomic E-state index is 3.80. The summed E-state index contributed by atoms with van der Waals surface area (Å²) in [5.74, 6) is 0. The Hall–Kier alpha value is -0.600. The van der Waals surface area contributed by atoms with Crippen LogP contribution >= 0.6 is 11.3 Å². The average molecular weight is 181 g/mol. The SMILES string of the molecule is C=CC(NC)c1csc(C)c1C. The molecule has 1 N–H and O–H groups in total. The second kappa shape index (κ2) is 3.87. The molecule has 2 heteroatoms. The fourth-order valence-electron chi connectivity index (χ4n) is 1.24. The molecule has 0 aliphatic carbocycles. The monoisotopic (exact) mass is 181 g/mol. The lowest BCUT2D eigenvalue weighted by Gasteiger charge is -2.10. The Morgan fingerprint density at radius 3 is 2.58 bits per heavy atom. The molecule has 1 aromatic heterocycles. The zero-order valence-corrected chi connectivity index (χ0v) is 8.66. The highest BCUT2D eigenvalue weighted by Gasteiger charge is 2.10. The van der Waals surface area contributed by atoms with E-state index in [0.29, 0.717) is 6.04 Å². The van der Waals surface area contributed by atoms with E-state index in [2.05, 4.69) is 31.1 Å². The first-order valence-corrected chi connectivity index (χ1v) is 4.93. The normalized spacial score (nSPS) is 12.9. The molecule has 12 heavy (non-hydrogen) atoms. The minimum Gasteiger partial charge on any atom is -0.310 e. The Labute approximate surface area is 78.1 Å². The van der Waals surface area contributed by atoms with Crippen LogP contribution in [-0.4, -0.2) is 7.05 Å². The van der Waals surface area contributed by atoms with Crippen LogP contribution in [0.5, 0.6) is 0 Å². The molecule has 1 nitrogen and oxygen atoms in total. The van der Waals surface area contributed by atoms with E-state index < -0.39 is 0 Å². The third kappa shape index (κ3) is 1.59. The number of likely N-dealkylation sites (N-methyl/N-ethyl adjacent to an activating group) is 1. The Morgan fingerprint density at radius 2 is 2.25 bits per heavy atom. The van der Waals surface area contributed by atoms with Crippen molar-refractivity contribution in [3.63, 3.8) is 0 Å². The lowest BCUT2D eigenvalue weighted by Crippen LogP contribution is -2.13. The molecule has 0 spiro atoms. The van der Waals surface area contributed by atoms with Gasteiger partial charge in [-0.15, -0.1) is 17.9 Å². The molecule has 1 atom stereocenters. The van der Waals surface area contributed by atoms with E-state index in [1.165, 1.54) is 16.0 Å². The van der Waals surface area contributed by atoms with Crippen molar-refractivity contribution in [1.29, 1.82) is 0 Å². The summed E-state index contributed by atoms with van der Waals surface area (Å²) in [6, 6.07) is 0.301. The predicted molar refractivity (Wildman–Crippen MR) is 55.8 cm³/mol. The number of rotatable bonds is 3. The van der Waals surface area contributed by atoms with Crippen LogP contribution in [0.3, 0.4) is 0 Å². The van der Waals surface area contributed by atoms with Crippen LogP contribution in [0.1, 0.15) is 22.0 Å². The summed E-state index contributed by atoms with van der Waals surface area (Å²) in [6.45, 7) is 8.11. The van der Waals surface area contributed by atoms with Crippen molar-refractivity contribution in [3.8, 4) is 0 Å². The topological polar surface area (TPSA) is 12.0 Å². The van der Waals surface area contributed by atoms with Gasteiger partial charge in [-0.3, -0.25) is 0 Å². The van der Waals surface area contributed by atoms with Gasteiger partial charge in [0.25, 0.3) is 0 Å². The molecule has 0 saturated heterocycles. The number of hydrogen-bond donors (Lipinski definition) is 1. The number of nitrogens with one attached hydrogen (secondary N) is 1. The highest BCUT2D eigenvalue weighted by atomic mass is 32.1. The zero-order chi connectivity index (χ0) is 9.14. The van der Waals surface area contributed by atoms with Crippen LogP contribution in [0.2, 0.25) is 0 Å². The molecule has 0 fully saturated rings. The number of hydrogen-bond acceptors (Lipinski definition) is 2. The fraction of sp³-hybridized carbons (Fsp3) is 0.400. The van der Waals surface area contributed by atoms with Gasteiger partial charge in [-0.25, -0.2) is 0 Å². The van der Waals surface area contributed by atoms with Crippen LogP contribution in [0, 0.1) is 13.8 Å².